The minimum absolute atomic E-state index is 0.0484. The first-order valence-corrected chi connectivity index (χ1v) is 9.10. The van der Waals surface area contributed by atoms with Crippen LogP contribution in [0.5, 0.6) is 0 Å². The molecule has 2 amide bonds. The van der Waals surface area contributed by atoms with Crippen molar-refractivity contribution in [2.75, 3.05) is 13.1 Å². The Kier molecular flexibility index (Phi) is 4.06. The molecule has 2 aliphatic heterocycles. The van der Waals surface area contributed by atoms with E-state index in [0.29, 0.717) is 26.1 Å². The van der Waals surface area contributed by atoms with E-state index < -0.39 is 0 Å². The molecular weight excluding hydrogens is 322 g/mol. The predicted molar refractivity (Wildman–Crippen MR) is 91.2 cm³/mol. The molecule has 1 fully saturated rings. The second-order valence-corrected chi connectivity index (χ2v) is 7.38. The maximum Gasteiger partial charge on any atom is 0.228 e. The van der Waals surface area contributed by atoms with Crippen LogP contribution >= 0.6 is 11.3 Å². The van der Waals surface area contributed by atoms with Crippen LogP contribution < -0.4 is 0 Å². The van der Waals surface area contributed by atoms with E-state index >= 15 is 0 Å². The van der Waals surface area contributed by atoms with Gasteiger partial charge in [-0.1, -0.05) is 6.07 Å². The van der Waals surface area contributed by atoms with Crippen LogP contribution in [0.2, 0.25) is 0 Å². The molecule has 1 atom stereocenters. The standard InChI is InChI=1S/C18H19N3O2S/c22-17-9-14(11-21(17)12-15-3-1-2-6-19-15)18(23)20-7-4-16-13(10-20)5-8-24-16/h1-3,5-6,8,14H,4,7,9-12H2/t14-/m1/s1. The maximum absolute atomic E-state index is 12.8. The summed E-state index contributed by atoms with van der Waals surface area (Å²) in [6.45, 7) is 2.43. The van der Waals surface area contributed by atoms with E-state index in [4.69, 9.17) is 0 Å². The number of rotatable bonds is 3. The molecule has 0 bridgehead atoms. The average molecular weight is 341 g/mol. The number of pyridine rings is 1. The molecular formula is C18H19N3O2S. The van der Waals surface area contributed by atoms with Crippen molar-refractivity contribution in [2.24, 2.45) is 5.92 Å². The molecule has 0 N–H and O–H groups in total. The van der Waals surface area contributed by atoms with Crippen molar-refractivity contribution in [1.82, 2.24) is 14.8 Å². The summed E-state index contributed by atoms with van der Waals surface area (Å²) in [6.07, 6.45) is 2.97. The van der Waals surface area contributed by atoms with Crippen molar-refractivity contribution in [3.8, 4) is 0 Å². The lowest BCUT2D eigenvalue weighted by Gasteiger charge is -2.29. The molecule has 2 aromatic rings. The van der Waals surface area contributed by atoms with Crippen LogP contribution in [0.15, 0.2) is 35.8 Å². The molecule has 0 aromatic carbocycles. The van der Waals surface area contributed by atoms with Gasteiger partial charge in [0.05, 0.1) is 18.2 Å². The van der Waals surface area contributed by atoms with Crippen molar-refractivity contribution < 1.29 is 9.59 Å². The number of fused-ring (bicyclic) bond motifs is 1. The van der Waals surface area contributed by atoms with Crippen LogP contribution in [0.1, 0.15) is 22.6 Å². The zero-order valence-electron chi connectivity index (χ0n) is 13.4. The lowest BCUT2D eigenvalue weighted by molar-refractivity contribution is -0.136. The number of carbonyl (C=O) groups is 2. The van der Waals surface area contributed by atoms with Gasteiger partial charge < -0.3 is 9.80 Å². The molecule has 0 aliphatic carbocycles. The normalized spacial score (nSPS) is 20.3. The molecule has 1 saturated heterocycles. The van der Waals surface area contributed by atoms with Gasteiger partial charge >= 0.3 is 0 Å². The summed E-state index contributed by atoms with van der Waals surface area (Å²) in [4.78, 5) is 34.4. The summed E-state index contributed by atoms with van der Waals surface area (Å²) < 4.78 is 0. The summed E-state index contributed by atoms with van der Waals surface area (Å²) >= 11 is 1.77. The Hall–Kier alpha value is -2.21. The molecule has 24 heavy (non-hydrogen) atoms. The van der Waals surface area contributed by atoms with Crippen LogP contribution in [-0.4, -0.2) is 39.7 Å². The van der Waals surface area contributed by atoms with Crippen LogP contribution in [0.3, 0.4) is 0 Å². The Morgan fingerprint density at radius 2 is 2.25 bits per heavy atom. The number of hydrogen-bond acceptors (Lipinski definition) is 4. The number of aromatic nitrogens is 1. The van der Waals surface area contributed by atoms with Gasteiger partial charge in [0.1, 0.15) is 0 Å². The Morgan fingerprint density at radius 3 is 3.08 bits per heavy atom. The lowest BCUT2D eigenvalue weighted by atomic mass is 10.0. The lowest BCUT2D eigenvalue weighted by Crippen LogP contribution is -2.40. The number of hydrogen-bond donors (Lipinski definition) is 0. The molecule has 0 unspecified atom stereocenters. The first-order chi connectivity index (χ1) is 11.7. The molecule has 2 aliphatic rings. The third kappa shape index (κ3) is 2.94. The number of likely N-dealkylation sites (tertiary alicyclic amines) is 1. The van der Waals surface area contributed by atoms with Crippen LogP contribution in [0, 0.1) is 5.92 Å². The fraction of sp³-hybridized carbons (Fsp3) is 0.389. The van der Waals surface area contributed by atoms with Gasteiger partial charge in [-0.15, -0.1) is 11.3 Å². The van der Waals surface area contributed by atoms with E-state index in [9.17, 15) is 9.59 Å². The molecule has 4 heterocycles. The van der Waals surface area contributed by atoms with Gasteiger partial charge in [0.15, 0.2) is 0 Å². The van der Waals surface area contributed by atoms with Gasteiger partial charge in [-0.3, -0.25) is 14.6 Å². The van der Waals surface area contributed by atoms with Crippen molar-refractivity contribution >= 4 is 23.2 Å². The van der Waals surface area contributed by atoms with Crippen LogP contribution in [0.4, 0.5) is 0 Å². The van der Waals surface area contributed by atoms with Gasteiger partial charge in [0.25, 0.3) is 0 Å². The molecule has 5 nitrogen and oxygen atoms in total. The number of carbonyl (C=O) groups excluding carboxylic acids is 2. The van der Waals surface area contributed by atoms with Crippen molar-refractivity contribution in [3.05, 3.63) is 52.0 Å². The molecule has 0 spiro atoms. The van der Waals surface area contributed by atoms with E-state index in [2.05, 4.69) is 16.4 Å². The van der Waals surface area contributed by atoms with E-state index in [1.54, 1.807) is 22.4 Å². The van der Waals surface area contributed by atoms with Crippen LogP contribution in [-0.2, 0) is 29.1 Å². The Labute approximate surface area is 144 Å². The first kappa shape index (κ1) is 15.3. The number of nitrogens with zero attached hydrogens (tertiary/aromatic N) is 3. The highest BCUT2D eigenvalue weighted by Gasteiger charge is 2.37. The molecule has 4 rings (SSSR count). The summed E-state index contributed by atoms with van der Waals surface area (Å²) in [5.74, 6) is -0.0580. The van der Waals surface area contributed by atoms with E-state index in [0.717, 1.165) is 18.7 Å². The Bertz CT molecular complexity index is 759. The highest BCUT2D eigenvalue weighted by molar-refractivity contribution is 7.10. The fourth-order valence-electron chi connectivity index (χ4n) is 3.47. The first-order valence-electron chi connectivity index (χ1n) is 8.22. The van der Waals surface area contributed by atoms with E-state index in [1.807, 2.05) is 23.1 Å². The largest absolute Gasteiger partial charge is 0.338 e. The zero-order chi connectivity index (χ0) is 16.5. The highest BCUT2D eigenvalue weighted by atomic mass is 32.1. The Morgan fingerprint density at radius 1 is 1.33 bits per heavy atom. The van der Waals surface area contributed by atoms with Crippen molar-refractivity contribution in [3.63, 3.8) is 0 Å². The minimum Gasteiger partial charge on any atom is -0.338 e. The third-order valence-electron chi connectivity index (χ3n) is 4.76. The van der Waals surface area contributed by atoms with E-state index in [-0.39, 0.29) is 17.7 Å². The van der Waals surface area contributed by atoms with E-state index in [1.165, 1.54) is 10.4 Å². The molecule has 0 radical (unpaired) electrons. The number of thiophene rings is 1. The highest BCUT2D eigenvalue weighted by Crippen LogP contribution is 2.27. The minimum atomic E-state index is -0.221. The van der Waals surface area contributed by atoms with Crippen LogP contribution in [0.25, 0.3) is 0 Å². The molecule has 124 valence electrons. The summed E-state index contributed by atoms with van der Waals surface area (Å²) in [7, 11) is 0. The SMILES string of the molecule is O=C1C[C@@H](C(=O)N2CCc3sccc3C2)CN1Cc1ccccn1. The second-order valence-electron chi connectivity index (χ2n) is 6.38. The molecule has 6 heteroatoms. The predicted octanol–water partition coefficient (Wildman–Crippen LogP) is 2.08. The van der Waals surface area contributed by atoms with Gasteiger partial charge in [-0.25, -0.2) is 0 Å². The third-order valence-corrected chi connectivity index (χ3v) is 5.79. The van der Waals surface area contributed by atoms with Crippen molar-refractivity contribution in [1.29, 1.82) is 0 Å². The average Bonchev–Trinajstić information content (AvgIpc) is 3.21. The zero-order valence-corrected chi connectivity index (χ0v) is 14.2. The van der Waals surface area contributed by atoms with Gasteiger partial charge in [0, 0.05) is 37.1 Å². The fourth-order valence-corrected chi connectivity index (χ4v) is 4.36. The monoisotopic (exact) mass is 341 g/mol. The van der Waals surface area contributed by atoms with Gasteiger partial charge in [-0.2, -0.15) is 0 Å². The summed E-state index contributed by atoms with van der Waals surface area (Å²) in [6, 6.07) is 7.78. The summed E-state index contributed by atoms with van der Waals surface area (Å²) in [5, 5.41) is 2.09. The van der Waals surface area contributed by atoms with Crippen molar-refractivity contribution in [2.45, 2.75) is 25.9 Å². The van der Waals surface area contributed by atoms with Gasteiger partial charge in [-0.05, 0) is 35.6 Å². The molecule has 0 saturated carbocycles. The smallest absolute Gasteiger partial charge is 0.228 e. The summed E-state index contributed by atoms with van der Waals surface area (Å²) in [5.41, 5.74) is 2.12. The Balaban J connectivity index is 1.40. The quantitative estimate of drug-likeness (QED) is 0.859. The van der Waals surface area contributed by atoms with Gasteiger partial charge in [0.2, 0.25) is 11.8 Å². The second kappa shape index (κ2) is 6.36. The molecule has 2 aromatic heterocycles. The topological polar surface area (TPSA) is 53.5 Å². The number of amides is 2. The maximum atomic E-state index is 12.8.